The summed E-state index contributed by atoms with van der Waals surface area (Å²) < 4.78 is 0. The van der Waals surface area contributed by atoms with Crippen LogP contribution in [0.2, 0.25) is 0 Å². The summed E-state index contributed by atoms with van der Waals surface area (Å²) in [6, 6.07) is 70.7. The van der Waals surface area contributed by atoms with Gasteiger partial charge in [-0.1, -0.05) is 170 Å². The van der Waals surface area contributed by atoms with Crippen LogP contribution in [0.3, 0.4) is 0 Å². The Morgan fingerprint density at radius 2 is 0.615 bits per heavy atom. The lowest BCUT2D eigenvalue weighted by Gasteiger charge is -2.41. The van der Waals surface area contributed by atoms with Crippen molar-refractivity contribution in [1.29, 1.82) is 0 Å². The molecular weight excluding hydrogens is 657 g/mol. The maximum absolute atomic E-state index is 2.67. The highest BCUT2D eigenvalue weighted by molar-refractivity contribution is 7.07. The molecule has 0 bridgehead atoms. The van der Waals surface area contributed by atoms with Gasteiger partial charge in [-0.15, -0.1) is 0 Å². The van der Waals surface area contributed by atoms with Gasteiger partial charge in [-0.2, -0.15) is 0 Å². The Bertz CT molecular complexity index is 2550. The van der Waals surface area contributed by atoms with E-state index in [4.69, 9.17) is 0 Å². The molecule has 0 unspecified atom stereocenters. The fourth-order valence-electron chi connectivity index (χ4n) is 11.0. The van der Waals surface area contributed by atoms with Crippen molar-refractivity contribution < 1.29 is 0 Å². The van der Waals surface area contributed by atoms with Crippen molar-refractivity contribution in [3.63, 3.8) is 0 Å². The van der Waals surface area contributed by atoms with Crippen molar-refractivity contribution >= 4 is 47.7 Å². The number of hydrogen-bond acceptors (Lipinski definition) is 0. The Balaban J connectivity index is 1.17. The molecule has 0 saturated heterocycles. The number of hydrogen-bond donors (Lipinski definition) is 0. The lowest BCUT2D eigenvalue weighted by atomic mass is 9.89. The molecule has 4 aliphatic heterocycles. The monoisotopic (exact) mass is 692 g/mol. The van der Waals surface area contributed by atoms with Gasteiger partial charge in [0.2, 0.25) is 0 Å². The van der Waals surface area contributed by atoms with Crippen molar-refractivity contribution in [1.82, 2.24) is 0 Å². The predicted molar refractivity (Wildman–Crippen MR) is 223 cm³/mol. The Morgan fingerprint density at radius 3 is 1.00 bits per heavy atom. The van der Waals surface area contributed by atoms with Gasteiger partial charge in [-0.3, -0.25) is 0 Å². The summed E-state index contributed by atoms with van der Waals surface area (Å²) in [5.41, 5.74) is 17.4. The maximum atomic E-state index is 2.67. The van der Waals surface area contributed by atoms with E-state index in [1.54, 1.807) is 53.8 Å². The van der Waals surface area contributed by atoms with E-state index in [0.717, 1.165) is 0 Å². The summed E-state index contributed by atoms with van der Waals surface area (Å²) in [6.45, 7) is 0. The van der Waals surface area contributed by atoms with Crippen LogP contribution in [0, 0.1) is 0 Å². The smallest absolute Gasteiger partial charge is 0.0622 e. The van der Waals surface area contributed by atoms with Crippen LogP contribution in [0.25, 0.3) is 55.3 Å². The molecule has 0 N–H and O–H groups in total. The van der Waals surface area contributed by atoms with Gasteiger partial charge in [0.15, 0.2) is 0 Å². The molecule has 12 rings (SSSR count). The minimum absolute atomic E-state index is 1.18. The molecule has 2 heteroatoms. The second-order valence-electron chi connectivity index (χ2n) is 15.7. The lowest BCUT2D eigenvalue weighted by molar-refractivity contribution is 1.35. The Hall–Kier alpha value is -5.55. The van der Waals surface area contributed by atoms with Crippen molar-refractivity contribution in [2.45, 2.75) is 24.2 Å². The van der Waals surface area contributed by atoms with Gasteiger partial charge in [0.05, 0.1) is 0 Å². The normalized spacial score (nSPS) is 16.1. The number of benzene rings is 8. The molecular formula is C50H36Si2. The SMILES string of the molecule is c1ccc(-c2ccc3c(c2)[Si]2(Cc4ccccc4C2)c2ccc4c5c(ccc-3c25)-c2ccc(-c3ccccc3)cc2[Si]42Cc3ccccc3C2)cc1. The van der Waals surface area contributed by atoms with Crippen LogP contribution in [0.4, 0.5) is 0 Å². The fourth-order valence-corrected chi connectivity index (χ4v) is 21.9. The first-order chi connectivity index (χ1) is 25.7. The third-order valence-corrected chi connectivity index (χ3v) is 23.0. The van der Waals surface area contributed by atoms with Crippen LogP contribution in [-0.2, 0) is 24.2 Å². The van der Waals surface area contributed by atoms with E-state index in [1.807, 2.05) is 0 Å². The van der Waals surface area contributed by atoms with Gasteiger partial charge >= 0.3 is 0 Å². The molecule has 52 heavy (non-hydrogen) atoms. The van der Waals surface area contributed by atoms with E-state index in [-0.39, 0.29) is 0 Å². The third-order valence-electron chi connectivity index (χ3n) is 13.3. The molecule has 0 atom stereocenters. The quantitative estimate of drug-likeness (QED) is 0.159. The highest BCUT2D eigenvalue weighted by Crippen LogP contribution is 2.46. The first-order valence-corrected chi connectivity index (χ1v) is 23.7. The van der Waals surface area contributed by atoms with E-state index in [0.29, 0.717) is 0 Å². The summed E-state index contributed by atoms with van der Waals surface area (Å²) in [5, 5.41) is 9.75. The summed E-state index contributed by atoms with van der Waals surface area (Å²) in [7, 11) is -4.48. The predicted octanol–water partition coefficient (Wildman–Crippen LogP) is 9.02. The van der Waals surface area contributed by atoms with Crippen LogP contribution in [0.1, 0.15) is 22.3 Å². The summed E-state index contributed by atoms with van der Waals surface area (Å²) in [6.07, 6.45) is 0. The first-order valence-electron chi connectivity index (χ1n) is 18.9. The molecule has 4 aliphatic rings. The molecule has 8 aromatic carbocycles. The standard InChI is InChI=1S/C50H36Si2/c1-3-11-33(12-4-1)35-19-21-41-43-23-24-44-42-22-20-36(34-13-5-2-6-14-34)28-48(42)52(31-39-17-9-10-18-40(39)32-52)46-26-25-45(49(43)50(44)46)51(47(41)27-35)29-37-15-7-8-16-38(37)30-51/h1-28H,29-32H2. The van der Waals surface area contributed by atoms with Crippen molar-refractivity contribution in [3.05, 3.63) is 192 Å². The van der Waals surface area contributed by atoms with Crippen LogP contribution in [-0.4, -0.2) is 16.1 Å². The Morgan fingerprint density at radius 1 is 0.269 bits per heavy atom. The molecule has 4 heterocycles. The summed E-state index contributed by atoms with van der Waals surface area (Å²) in [4.78, 5) is 0. The van der Waals surface area contributed by atoms with E-state index < -0.39 is 16.1 Å². The van der Waals surface area contributed by atoms with E-state index in [1.165, 1.54) is 68.7 Å². The minimum atomic E-state index is -2.24. The van der Waals surface area contributed by atoms with Crippen LogP contribution < -0.4 is 20.7 Å². The topological polar surface area (TPSA) is 0 Å². The van der Waals surface area contributed by atoms with Gasteiger partial charge in [0, 0.05) is 0 Å². The zero-order valence-corrected chi connectivity index (χ0v) is 31.0. The maximum Gasteiger partial charge on any atom is 0.128 e. The van der Waals surface area contributed by atoms with Crippen LogP contribution >= 0.6 is 0 Å². The average molecular weight is 693 g/mol. The lowest BCUT2D eigenvalue weighted by Crippen LogP contribution is -2.65. The zero-order chi connectivity index (χ0) is 34.0. The van der Waals surface area contributed by atoms with Crippen LogP contribution in [0.15, 0.2) is 170 Å². The molecule has 8 aromatic rings. The average Bonchev–Trinajstić information content (AvgIpc) is 3.80. The van der Waals surface area contributed by atoms with E-state index in [9.17, 15) is 0 Å². The van der Waals surface area contributed by atoms with Crippen LogP contribution in [0.5, 0.6) is 0 Å². The number of rotatable bonds is 2. The summed E-state index contributed by atoms with van der Waals surface area (Å²) in [5.74, 6) is 0. The molecule has 0 aromatic heterocycles. The van der Waals surface area contributed by atoms with Gasteiger partial charge in [0.25, 0.3) is 0 Å². The third kappa shape index (κ3) is 3.81. The Kier molecular flexibility index (Phi) is 5.88. The van der Waals surface area contributed by atoms with Gasteiger partial charge in [-0.05, 0) is 122 Å². The Labute approximate surface area is 307 Å². The number of fused-ring (bicyclic) bond motifs is 10. The molecule has 0 fully saturated rings. The van der Waals surface area contributed by atoms with Gasteiger partial charge in [-0.25, -0.2) is 0 Å². The minimum Gasteiger partial charge on any atom is -0.0622 e. The molecule has 2 spiro atoms. The highest BCUT2D eigenvalue weighted by Gasteiger charge is 2.52. The second-order valence-corrected chi connectivity index (χ2v) is 23.6. The van der Waals surface area contributed by atoms with Gasteiger partial charge in [0.1, 0.15) is 16.1 Å². The summed E-state index contributed by atoms with van der Waals surface area (Å²) >= 11 is 0. The van der Waals surface area contributed by atoms with E-state index in [2.05, 4.69) is 170 Å². The van der Waals surface area contributed by atoms with Gasteiger partial charge < -0.3 is 0 Å². The molecule has 0 saturated carbocycles. The molecule has 0 amide bonds. The molecule has 0 radical (unpaired) electrons. The largest absolute Gasteiger partial charge is 0.128 e. The highest BCUT2D eigenvalue weighted by atomic mass is 28.3. The first kappa shape index (κ1) is 29.1. The molecule has 244 valence electrons. The van der Waals surface area contributed by atoms with Crippen molar-refractivity contribution in [2.24, 2.45) is 0 Å². The zero-order valence-electron chi connectivity index (χ0n) is 29.0. The molecule has 0 nitrogen and oxygen atoms in total. The van der Waals surface area contributed by atoms with Crippen molar-refractivity contribution in [3.8, 4) is 44.5 Å². The van der Waals surface area contributed by atoms with Crippen molar-refractivity contribution in [2.75, 3.05) is 0 Å². The fraction of sp³-hybridized carbons (Fsp3) is 0.0800. The molecule has 0 aliphatic carbocycles. The second kappa shape index (κ2) is 10.5. The van der Waals surface area contributed by atoms with E-state index >= 15 is 0 Å².